The van der Waals surface area contributed by atoms with Crippen LogP contribution >= 0.6 is 0 Å². The maximum absolute atomic E-state index is 12.3. The standard InChI is InChI=1S/C21H32N4O3/c1-28-19-9-6-8-18(15-19)25-16-17(14-20(25)26)23-21(27)22-10-7-13-24-11-4-2-3-5-12-24/h6,8-9,15,17H,2-5,7,10-14,16H2,1H3,(H2,22,23,27)/t17-/m0/s1. The van der Waals surface area contributed by atoms with Crippen LogP contribution in [0.1, 0.15) is 38.5 Å². The molecule has 0 unspecified atom stereocenters. The van der Waals surface area contributed by atoms with Gasteiger partial charge >= 0.3 is 6.03 Å². The smallest absolute Gasteiger partial charge is 0.315 e. The van der Waals surface area contributed by atoms with Crippen molar-refractivity contribution >= 4 is 17.6 Å². The minimum Gasteiger partial charge on any atom is -0.497 e. The van der Waals surface area contributed by atoms with Gasteiger partial charge in [-0.2, -0.15) is 0 Å². The first kappa shape index (κ1) is 20.5. The normalized spacial score (nSPS) is 20.7. The predicted molar refractivity (Wildman–Crippen MR) is 110 cm³/mol. The number of likely N-dealkylation sites (tertiary alicyclic amines) is 1. The lowest BCUT2D eigenvalue weighted by Crippen LogP contribution is -2.44. The first-order valence-electron chi connectivity index (χ1n) is 10.4. The third-order valence-electron chi connectivity index (χ3n) is 5.46. The summed E-state index contributed by atoms with van der Waals surface area (Å²) >= 11 is 0. The number of carbonyl (C=O) groups is 2. The topological polar surface area (TPSA) is 73.9 Å². The van der Waals surface area contributed by atoms with Crippen LogP contribution in [-0.4, -0.2) is 62.7 Å². The zero-order valence-corrected chi connectivity index (χ0v) is 16.8. The number of amides is 3. The number of hydrogen-bond donors (Lipinski definition) is 2. The molecule has 1 aromatic rings. The van der Waals surface area contributed by atoms with Crippen molar-refractivity contribution in [2.24, 2.45) is 0 Å². The van der Waals surface area contributed by atoms with E-state index in [-0.39, 0.29) is 18.0 Å². The molecule has 2 saturated heterocycles. The van der Waals surface area contributed by atoms with Crippen molar-refractivity contribution in [1.82, 2.24) is 15.5 Å². The van der Waals surface area contributed by atoms with Gasteiger partial charge in [0.15, 0.2) is 0 Å². The van der Waals surface area contributed by atoms with Crippen LogP contribution in [-0.2, 0) is 4.79 Å². The summed E-state index contributed by atoms with van der Waals surface area (Å²) in [5.74, 6) is 0.726. The van der Waals surface area contributed by atoms with Crippen LogP contribution in [0.5, 0.6) is 5.75 Å². The lowest BCUT2D eigenvalue weighted by atomic mass is 10.2. The molecule has 3 amide bonds. The van der Waals surface area contributed by atoms with E-state index in [0.29, 0.717) is 25.3 Å². The monoisotopic (exact) mass is 388 g/mol. The van der Waals surface area contributed by atoms with E-state index in [9.17, 15) is 9.59 Å². The van der Waals surface area contributed by atoms with E-state index >= 15 is 0 Å². The molecular formula is C21H32N4O3. The number of carbonyl (C=O) groups excluding carboxylic acids is 2. The maximum Gasteiger partial charge on any atom is 0.315 e. The Morgan fingerprint density at radius 1 is 1.21 bits per heavy atom. The van der Waals surface area contributed by atoms with Gasteiger partial charge in [0.25, 0.3) is 0 Å². The van der Waals surface area contributed by atoms with Gasteiger partial charge in [0.1, 0.15) is 5.75 Å². The molecule has 0 radical (unpaired) electrons. The van der Waals surface area contributed by atoms with E-state index in [1.54, 1.807) is 12.0 Å². The van der Waals surface area contributed by atoms with E-state index in [1.165, 1.54) is 38.8 Å². The lowest BCUT2D eigenvalue weighted by molar-refractivity contribution is -0.117. The van der Waals surface area contributed by atoms with Crippen LogP contribution < -0.4 is 20.3 Å². The molecule has 0 saturated carbocycles. The second-order valence-electron chi connectivity index (χ2n) is 7.62. The SMILES string of the molecule is COc1cccc(N2C[C@@H](NC(=O)NCCCN3CCCCCC3)CC2=O)c1. The summed E-state index contributed by atoms with van der Waals surface area (Å²) in [6, 6.07) is 7.05. The van der Waals surface area contributed by atoms with Crippen LogP contribution in [0.2, 0.25) is 0 Å². The highest BCUT2D eigenvalue weighted by atomic mass is 16.5. The highest BCUT2D eigenvalue weighted by molar-refractivity contribution is 5.97. The molecule has 2 N–H and O–H groups in total. The summed E-state index contributed by atoms with van der Waals surface area (Å²) in [6.45, 7) is 4.52. The Morgan fingerprint density at radius 3 is 2.75 bits per heavy atom. The van der Waals surface area contributed by atoms with Gasteiger partial charge in [-0.05, 0) is 51.0 Å². The van der Waals surface area contributed by atoms with Crippen molar-refractivity contribution < 1.29 is 14.3 Å². The van der Waals surface area contributed by atoms with Gasteiger partial charge in [0.2, 0.25) is 5.91 Å². The molecule has 2 heterocycles. The van der Waals surface area contributed by atoms with Crippen molar-refractivity contribution in [2.45, 2.75) is 44.6 Å². The molecular weight excluding hydrogens is 356 g/mol. The zero-order chi connectivity index (χ0) is 19.8. The second kappa shape index (κ2) is 10.3. The lowest BCUT2D eigenvalue weighted by Gasteiger charge is -2.20. The van der Waals surface area contributed by atoms with Crippen LogP contribution in [0.25, 0.3) is 0 Å². The van der Waals surface area contributed by atoms with Gasteiger partial charge in [0.05, 0.1) is 13.2 Å². The second-order valence-corrected chi connectivity index (χ2v) is 7.62. The fourth-order valence-electron chi connectivity index (χ4n) is 3.93. The average Bonchev–Trinajstić information content (AvgIpc) is 2.90. The summed E-state index contributed by atoms with van der Waals surface area (Å²) in [4.78, 5) is 28.7. The Morgan fingerprint density at radius 2 is 2.00 bits per heavy atom. The van der Waals surface area contributed by atoms with Crippen LogP contribution in [0, 0.1) is 0 Å². The number of nitrogens with zero attached hydrogens (tertiary/aromatic N) is 2. The molecule has 28 heavy (non-hydrogen) atoms. The van der Waals surface area contributed by atoms with E-state index < -0.39 is 0 Å². The number of ether oxygens (including phenoxy) is 1. The summed E-state index contributed by atoms with van der Waals surface area (Å²) in [5, 5.41) is 5.85. The third-order valence-corrected chi connectivity index (χ3v) is 5.46. The van der Waals surface area contributed by atoms with Gasteiger partial charge in [-0.3, -0.25) is 4.79 Å². The van der Waals surface area contributed by atoms with Crippen molar-refractivity contribution in [2.75, 3.05) is 44.7 Å². The molecule has 2 aliphatic rings. The van der Waals surface area contributed by atoms with Gasteiger partial charge in [-0.15, -0.1) is 0 Å². The van der Waals surface area contributed by atoms with Crippen LogP contribution in [0.15, 0.2) is 24.3 Å². The van der Waals surface area contributed by atoms with Gasteiger partial charge in [-0.1, -0.05) is 18.9 Å². The molecule has 0 spiro atoms. The van der Waals surface area contributed by atoms with E-state index in [0.717, 1.165) is 18.7 Å². The number of methoxy groups -OCH3 is 1. The number of anilines is 1. The van der Waals surface area contributed by atoms with Crippen molar-refractivity contribution in [3.8, 4) is 5.75 Å². The molecule has 2 aliphatic heterocycles. The van der Waals surface area contributed by atoms with Crippen LogP contribution in [0.4, 0.5) is 10.5 Å². The van der Waals surface area contributed by atoms with Crippen LogP contribution in [0.3, 0.4) is 0 Å². The van der Waals surface area contributed by atoms with E-state index in [2.05, 4.69) is 15.5 Å². The minimum atomic E-state index is -0.193. The molecule has 1 atom stereocenters. The Bertz CT molecular complexity index is 659. The van der Waals surface area contributed by atoms with Gasteiger partial charge in [-0.25, -0.2) is 4.79 Å². The van der Waals surface area contributed by atoms with E-state index in [1.807, 2.05) is 24.3 Å². The molecule has 154 valence electrons. The number of rotatable bonds is 7. The Labute approximate surface area is 167 Å². The fraction of sp³-hybridized carbons (Fsp3) is 0.619. The molecule has 7 heteroatoms. The molecule has 1 aromatic carbocycles. The Kier molecular flexibility index (Phi) is 7.54. The summed E-state index contributed by atoms with van der Waals surface area (Å²) in [7, 11) is 1.60. The zero-order valence-electron chi connectivity index (χ0n) is 16.8. The van der Waals surface area contributed by atoms with Crippen molar-refractivity contribution in [3.63, 3.8) is 0 Å². The molecule has 0 aromatic heterocycles. The highest BCUT2D eigenvalue weighted by Crippen LogP contribution is 2.25. The number of hydrogen-bond acceptors (Lipinski definition) is 4. The van der Waals surface area contributed by atoms with E-state index in [4.69, 9.17) is 4.74 Å². The Hall–Kier alpha value is -2.28. The molecule has 7 nitrogen and oxygen atoms in total. The number of urea groups is 1. The number of nitrogens with one attached hydrogen (secondary N) is 2. The Balaban J connectivity index is 1.38. The molecule has 0 bridgehead atoms. The largest absolute Gasteiger partial charge is 0.497 e. The van der Waals surface area contributed by atoms with Gasteiger partial charge in [0, 0.05) is 31.3 Å². The molecule has 2 fully saturated rings. The first-order valence-corrected chi connectivity index (χ1v) is 10.4. The van der Waals surface area contributed by atoms with Crippen molar-refractivity contribution in [1.29, 1.82) is 0 Å². The third kappa shape index (κ3) is 5.86. The summed E-state index contributed by atoms with van der Waals surface area (Å²) < 4.78 is 5.23. The fourth-order valence-corrected chi connectivity index (χ4v) is 3.93. The van der Waals surface area contributed by atoms with Crippen molar-refractivity contribution in [3.05, 3.63) is 24.3 Å². The summed E-state index contributed by atoms with van der Waals surface area (Å²) in [5.41, 5.74) is 0.798. The number of benzene rings is 1. The first-order chi connectivity index (χ1) is 13.7. The predicted octanol–water partition coefficient (Wildman–Crippen LogP) is 2.37. The quantitative estimate of drug-likeness (QED) is 0.704. The molecule has 3 rings (SSSR count). The van der Waals surface area contributed by atoms with Gasteiger partial charge < -0.3 is 25.2 Å². The highest BCUT2D eigenvalue weighted by Gasteiger charge is 2.31. The molecule has 0 aliphatic carbocycles. The average molecular weight is 389 g/mol. The minimum absolute atomic E-state index is 0.0136. The summed E-state index contributed by atoms with van der Waals surface area (Å²) in [6.07, 6.45) is 6.51. The maximum atomic E-state index is 12.3.